The zero-order valence-corrected chi connectivity index (χ0v) is 16.8. The van der Waals surface area contributed by atoms with Crippen LogP contribution in [0, 0.1) is 0 Å². The average molecular weight is 414 g/mol. The number of aliphatic hydroxyl groups is 1. The van der Waals surface area contributed by atoms with Crippen molar-refractivity contribution in [3.63, 3.8) is 0 Å². The summed E-state index contributed by atoms with van der Waals surface area (Å²) in [5.41, 5.74) is 6.07. The molecule has 2 aromatic carbocycles. The number of thiazole rings is 1. The van der Waals surface area contributed by atoms with Crippen molar-refractivity contribution in [1.82, 2.24) is 24.5 Å². The normalized spacial score (nSPS) is 18.2. The summed E-state index contributed by atoms with van der Waals surface area (Å²) in [4.78, 5) is 17.4. The van der Waals surface area contributed by atoms with Crippen molar-refractivity contribution in [3.05, 3.63) is 78.0 Å². The van der Waals surface area contributed by atoms with Gasteiger partial charge in [0.05, 0.1) is 41.4 Å². The standard InChI is InChI=1S/C22H18N6OS/c29-18-8-14-3-1-2-4-15(14)20(18)27-22-26-16-6-5-13(7-19(16)30-22)10-28-12-25-17-9-23-11-24-21(17)28/h1-7,9,11-12,18,20,29H,8,10H2,(H,26,27). The first kappa shape index (κ1) is 17.5. The number of benzene rings is 2. The molecule has 1 aliphatic carbocycles. The fraction of sp³-hybridized carbons (Fsp3) is 0.182. The monoisotopic (exact) mass is 414 g/mol. The van der Waals surface area contributed by atoms with E-state index in [1.54, 1.807) is 30.2 Å². The van der Waals surface area contributed by atoms with E-state index in [1.165, 1.54) is 5.56 Å². The molecule has 2 atom stereocenters. The Labute approximate surface area is 176 Å². The van der Waals surface area contributed by atoms with Crippen molar-refractivity contribution in [1.29, 1.82) is 0 Å². The number of anilines is 1. The Morgan fingerprint density at radius 2 is 2.07 bits per heavy atom. The van der Waals surface area contributed by atoms with E-state index in [1.807, 2.05) is 22.8 Å². The summed E-state index contributed by atoms with van der Waals surface area (Å²) in [7, 11) is 0. The van der Waals surface area contributed by atoms with Gasteiger partial charge in [0.25, 0.3) is 0 Å². The highest BCUT2D eigenvalue weighted by atomic mass is 32.1. The maximum absolute atomic E-state index is 10.5. The van der Waals surface area contributed by atoms with Crippen LogP contribution in [-0.2, 0) is 13.0 Å². The first-order valence-electron chi connectivity index (χ1n) is 9.77. The van der Waals surface area contributed by atoms with Gasteiger partial charge in [0.1, 0.15) is 11.8 Å². The van der Waals surface area contributed by atoms with Gasteiger partial charge in [-0.2, -0.15) is 0 Å². The predicted molar refractivity (Wildman–Crippen MR) is 117 cm³/mol. The SMILES string of the molecule is OC1Cc2ccccc2C1Nc1nc2ccc(Cn3cnc4cncnc43)cc2s1. The van der Waals surface area contributed by atoms with Crippen LogP contribution in [0.15, 0.2) is 61.3 Å². The van der Waals surface area contributed by atoms with Crippen molar-refractivity contribution >= 4 is 37.8 Å². The van der Waals surface area contributed by atoms with Crippen LogP contribution in [0.2, 0.25) is 0 Å². The van der Waals surface area contributed by atoms with E-state index in [0.29, 0.717) is 13.0 Å². The summed E-state index contributed by atoms with van der Waals surface area (Å²) in [6, 6.07) is 14.3. The second-order valence-corrected chi connectivity index (χ2v) is 8.55. The minimum atomic E-state index is -0.443. The lowest BCUT2D eigenvalue weighted by atomic mass is 10.1. The second-order valence-electron chi connectivity index (χ2n) is 7.52. The number of hydrogen-bond acceptors (Lipinski definition) is 7. The van der Waals surface area contributed by atoms with E-state index in [2.05, 4.69) is 44.5 Å². The summed E-state index contributed by atoms with van der Waals surface area (Å²) in [6.07, 6.45) is 5.29. The van der Waals surface area contributed by atoms with Gasteiger partial charge in [-0.15, -0.1) is 0 Å². The molecule has 6 rings (SSSR count). The van der Waals surface area contributed by atoms with Crippen LogP contribution in [0.4, 0.5) is 5.13 Å². The van der Waals surface area contributed by atoms with Crippen molar-refractivity contribution in [2.24, 2.45) is 0 Å². The van der Waals surface area contributed by atoms with Gasteiger partial charge < -0.3 is 15.0 Å². The quantitative estimate of drug-likeness (QED) is 0.468. The molecule has 0 bridgehead atoms. The molecule has 7 nitrogen and oxygen atoms in total. The highest BCUT2D eigenvalue weighted by Gasteiger charge is 2.31. The molecule has 5 aromatic rings. The van der Waals surface area contributed by atoms with Crippen LogP contribution < -0.4 is 5.32 Å². The van der Waals surface area contributed by atoms with Gasteiger partial charge in [0.2, 0.25) is 0 Å². The number of aliphatic hydroxyl groups excluding tert-OH is 1. The maximum Gasteiger partial charge on any atom is 0.184 e. The van der Waals surface area contributed by atoms with E-state index in [4.69, 9.17) is 4.98 Å². The third-order valence-corrected chi connectivity index (χ3v) is 6.52. The summed E-state index contributed by atoms with van der Waals surface area (Å²) in [6.45, 7) is 0.679. The van der Waals surface area contributed by atoms with Gasteiger partial charge in [0, 0.05) is 6.42 Å². The molecular formula is C22H18N6OS. The number of hydrogen-bond donors (Lipinski definition) is 2. The number of fused-ring (bicyclic) bond motifs is 3. The first-order chi connectivity index (χ1) is 14.7. The fourth-order valence-corrected chi connectivity index (χ4v) is 5.10. The van der Waals surface area contributed by atoms with E-state index in [9.17, 15) is 5.11 Å². The van der Waals surface area contributed by atoms with E-state index in [-0.39, 0.29) is 6.04 Å². The Bertz CT molecular complexity index is 1380. The van der Waals surface area contributed by atoms with Crippen molar-refractivity contribution < 1.29 is 5.11 Å². The van der Waals surface area contributed by atoms with Crippen molar-refractivity contribution in [2.45, 2.75) is 25.1 Å². The Morgan fingerprint density at radius 3 is 3.03 bits per heavy atom. The third-order valence-electron chi connectivity index (χ3n) is 5.57. The van der Waals surface area contributed by atoms with Gasteiger partial charge in [-0.3, -0.25) is 0 Å². The third kappa shape index (κ3) is 2.92. The summed E-state index contributed by atoms with van der Waals surface area (Å²) in [5.74, 6) is 0. The molecule has 3 aromatic heterocycles. The lowest BCUT2D eigenvalue weighted by Crippen LogP contribution is -2.20. The molecule has 0 radical (unpaired) electrons. The lowest BCUT2D eigenvalue weighted by Gasteiger charge is -2.16. The molecule has 30 heavy (non-hydrogen) atoms. The average Bonchev–Trinajstić information content (AvgIpc) is 3.44. The van der Waals surface area contributed by atoms with Gasteiger partial charge in [0.15, 0.2) is 10.8 Å². The maximum atomic E-state index is 10.5. The molecule has 0 aliphatic heterocycles. The van der Waals surface area contributed by atoms with Crippen molar-refractivity contribution in [3.8, 4) is 0 Å². The van der Waals surface area contributed by atoms with Crippen LogP contribution in [0.25, 0.3) is 21.4 Å². The molecule has 0 saturated carbocycles. The highest BCUT2D eigenvalue weighted by molar-refractivity contribution is 7.22. The van der Waals surface area contributed by atoms with Crippen LogP contribution in [0.1, 0.15) is 22.7 Å². The molecule has 0 amide bonds. The molecule has 0 spiro atoms. The largest absolute Gasteiger partial charge is 0.390 e. The Kier molecular flexibility index (Phi) is 4.00. The zero-order chi connectivity index (χ0) is 20.1. The number of imidazole rings is 1. The van der Waals surface area contributed by atoms with E-state index < -0.39 is 6.10 Å². The van der Waals surface area contributed by atoms with Gasteiger partial charge in [-0.05, 0) is 28.8 Å². The number of aromatic nitrogens is 5. The summed E-state index contributed by atoms with van der Waals surface area (Å²) >= 11 is 1.61. The van der Waals surface area contributed by atoms with Crippen LogP contribution in [-0.4, -0.2) is 35.7 Å². The summed E-state index contributed by atoms with van der Waals surface area (Å²) < 4.78 is 3.12. The Hall–Kier alpha value is -3.36. The lowest BCUT2D eigenvalue weighted by molar-refractivity contribution is 0.166. The first-order valence-corrected chi connectivity index (χ1v) is 10.6. The van der Waals surface area contributed by atoms with Gasteiger partial charge in [-0.25, -0.2) is 19.9 Å². The van der Waals surface area contributed by atoms with Crippen LogP contribution in [0.5, 0.6) is 0 Å². The molecule has 8 heteroatoms. The highest BCUT2D eigenvalue weighted by Crippen LogP contribution is 2.36. The van der Waals surface area contributed by atoms with Gasteiger partial charge in [-0.1, -0.05) is 41.7 Å². The van der Waals surface area contributed by atoms with E-state index >= 15 is 0 Å². The number of nitrogens with zero attached hydrogens (tertiary/aromatic N) is 5. The molecule has 1 aliphatic rings. The minimum Gasteiger partial charge on any atom is -0.390 e. The van der Waals surface area contributed by atoms with E-state index in [0.717, 1.165) is 37.6 Å². The zero-order valence-electron chi connectivity index (χ0n) is 15.9. The van der Waals surface area contributed by atoms with Crippen LogP contribution in [0.3, 0.4) is 0 Å². The Balaban J connectivity index is 1.28. The number of nitrogens with one attached hydrogen (secondary N) is 1. The minimum absolute atomic E-state index is 0.127. The number of rotatable bonds is 4. The molecule has 0 saturated heterocycles. The fourth-order valence-electron chi connectivity index (χ4n) is 4.14. The molecule has 3 heterocycles. The summed E-state index contributed by atoms with van der Waals surface area (Å²) in [5, 5.41) is 14.8. The van der Waals surface area contributed by atoms with Crippen LogP contribution >= 0.6 is 11.3 Å². The molecule has 2 N–H and O–H groups in total. The molecule has 2 unspecified atom stereocenters. The molecular weight excluding hydrogens is 396 g/mol. The van der Waals surface area contributed by atoms with Crippen molar-refractivity contribution in [2.75, 3.05) is 5.32 Å². The van der Waals surface area contributed by atoms with Gasteiger partial charge >= 0.3 is 0 Å². The second kappa shape index (κ2) is 6.86. The topological polar surface area (TPSA) is 88.8 Å². The Morgan fingerprint density at radius 1 is 1.13 bits per heavy atom. The molecule has 0 fully saturated rings. The predicted octanol–water partition coefficient (Wildman–Crippen LogP) is 3.55. The molecule has 148 valence electrons. The smallest absolute Gasteiger partial charge is 0.184 e.